The fourth-order valence-electron chi connectivity index (χ4n) is 4.65. The SMILES string of the molecule is CCS(=O)(=O)c1ccc(CNC(=O)c2ccc(N3C(=O)[C@H](C(C)C)[C@H]3c3ccc(OC)cc3)cc2)cc1. The molecule has 2 amide bonds. The van der Waals surface area contributed by atoms with E-state index < -0.39 is 9.84 Å². The fourth-order valence-corrected chi connectivity index (χ4v) is 5.53. The summed E-state index contributed by atoms with van der Waals surface area (Å²) in [5, 5.41) is 2.86. The number of anilines is 1. The predicted molar refractivity (Wildman–Crippen MR) is 143 cm³/mol. The quantitative estimate of drug-likeness (QED) is 0.410. The lowest BCUT2D eigenvalue weighted by Gasteiger charge is -2.49. The number of nitrogens with zero attached hydrogens (tertiary/aromatic N) is 1. The van der Waals surface area contributed by atoms with Gasteiger partial charge < -0.3 is 15.0 Å². The third-order valence-corrected chi connectivity index (χ3v) is 8.59. The van der Waals surface area contributed by atoms with Crippen molar-refractivity contribution in [2.45, 2.75) is 38.3 Å². The van der Waals surface area contributed by atoms with Gasteiger partial charge in [-0.15, -0.1) is 0 Å². The standard InChI is InChI=1S/C29H32N2O5S/c1-5-37(34,35)25-16-6-20(7-17-25)18-30-28(32)22-8-12-23(13-9-22)31-27(26(19(2)3)29(31)33)21-10-14-24(36-4)15-11-21/h6-17,19,26-27H,5,18H2,1-4H3,(H,30,32)/t26-,27-/m1/s1. The molecule has 7 nitrogen and oxygen atoms in total. The van der Waals surface area contributed by atoms with Gasteiger partial charge >= 0.3 is 0 Å². The van der Waals surface area contributed by atoms with Crippen molar-refractivity contribution in [3.8, 4) is 5.75 Å². The molecule has 0 aliphatic carbocycles. The summed E-state index contributed by atoms with van der Waals surface area (Å²) in [7, 11) is -1.63. The minimum Gasteiger partial charge on any atom is -0.497 e. The van der Waals surface area contributed by atoms with E-state index in [9.17, 15) is 18.0 Å². The average molecular weight is 521 g/mol. The molecule has 1 N–H and O–H groups in total. The number of amides is 2. The van der Waals surface area contributed by atoms with E-state index in [-0.39, 0.29) is 46.9 Å². The molecule has 1 saturated heterocycles. The molecule has 1 heterocycles. The van der Waals surface area contributed by atoms with Gasteiger partial charge in [-0.1, -0.05) is 45.0 Å². The molecule has 194 valence electrons. The molecule has 3 aromatic rings. The van der Waals surface area contributed by atoms with E-state index in [0.717, 1.165) is 22.6 Å². The van der Waals surface area contributed by atoms with Gasteiger partial charge in [-0.25, -0.2) is 8.42 Å². The summed E-state index contributed by atoms with van der Waals surface area (Å²) in [4.78, 5) is 27.8. The number of carbonyl (C=O) groups is 2. The van der Waals surface area contributed by atoms with E-state index in [4.69, 9.17) is 4.74 Å². The van der Waals surface area contributed by atoms with Crippen molar-refractivity contribution in [3.05, 3.63) is 89.5 Å². The highest BCUT2D eigenvalue weighted by Gasteiger charge is 2.50. The highest BCUT2D eigenvalue weighted by Crippen LogP contribution is 2.47. The van der Waals surface area contributed by atoms with Gasteiger partial charge in [-0.3, -0.25) is 9.59 Å². The maximum absolute atomic E-state index is 13.1. The number of hydrogen-bond donors (Lipinski definition) is 1. The zero-order valence-corrected chi connectivity index (χ0v) is 22.3. The lowest BCUT2D eigenvalue weighted by Crippen LogP contribution is -2.57. The highest BCUT2D eigenvalue weighted by molar-refractivity contribution is 7.91. The van der Waals surface area contributed by atoms with Crippen LogP contribution in [-0.4, -0.2) is 33.1 Å². The molecular formula is C29H32N2O5S. The molecule has 0 spiro atoms. The van der Waals surface area contributed by atoms with E-state index in [2.05, 4.69) is 19.2 Å². The molecule has 0 radical (unpaired) electrons. The van der Waals surface area contributed by atoms with Gasteiger partial charge in [0.05, 0.1) is 29.7 Å². The van der Waals surface area contributed by atoms with Crippen molar-refractivity contribution in [2.24, 2.45) is 11.8 Å². The highest BCUT2D eigenvalue weighted by atomic mass is 32.2. The number of rotatable bonds is 9. The molecule has 3 aromatic carbocycles. The molecule has 0 saturated carbocycles. The van der Waals surface area contributed by atoms with Crippen LogP contribution in [0.15, 0.2) is 77.7 Å². The van der Waals surface area contributed by atoms with Gasteiger partial charge in [-0.2, -0.15) is 0 Å². The molecule has 0 aromatic heterocycles. The Kier molecular flexibility index (Phi) is 7.68. The van der Waals surface area contributed by atoms with Crippen LogP contribution in [0.2, 0.25) is 0 Å². The summed E-state index contributed by atoms with van der Waals surface area (Å²) in [6, 6.07) is 21.2. The van der Waals surface area contributed by atoms with Gasteiger partial charge in [0.1, 0.15) is 5.75 Å². The van der Waals surface area contributed by atoms with Crippen LogP contribution in [0.5, 0.6) is 5.75 Å². The summed E-state index contributed by atoms with van der Waals surface area (Å²) in [5.74, 6) is 0.702. The van der Waals surface area contributed by atoms with Crippen molar-refractivity contribution >= 4 is 27.3 Å². The van der Waals surface area contributed by atoms with Gasteiger partial charge in [-0.05, 0) is 65.6 Å². The van der Waals surface area contributed by atoms with Crippen molar-refractivity contribution in [1.82, 2.24) is 5.32 Å². The van der Waals surface area contributed by atoms with Crippen molar-refractivity contribution in [3.63, 3.8) is 0 Å². The Balaban J connectivity index is 1.45. The molecule has 1 fully saturated rings. The smallest absolute Gasteiger partial charge is 0.251 e. The molecule has 1 aliphatic heterocycles. The molecule has 2 atom stereocenters. The molecule has 0 bridgehead atoms. The van der Waals surface area contributed by atoms with Crippen LogP contribution in [-0.2, 0) is 21.2 Å². The molecule has 8 heteroatoms. The normalized spacial score (nSPS) is 17.4. The summed E-state index contributed by atoms with van der Waals surface area (Å²) in [5.41, 5.74) is 3.06. The molecular weight excluding hydrogens is 488 g/mol. The van der Waals surface area contributed by atoms with E-state index in [1.807, 2.05) is 24.3 Å². The Hall–Kier alpha value is -3.65. The zero-order chi connectivity index (χ0) is 26.7. The number of nitrogens with one attached hydrogen (secondary N) is 1. The maximum Gasteiger partial charge on any atom is 0.251 e. The van der Waals surface area contributed by atoms with Crippen LogP contribution >= 0.6 is 0 Å². The van der Waals surface area contributed by atoms with E-state index in [0.29, 0.717) is 5.56 Å². The Bertz CT molecular complexity index is 1370. The lowest BCUT2D eigenvalue weighted by molar-refractivity contribution is -0.132. The number of ether oxygens (including phenoxy) is 1. The minimum atomic E-state index is -3.26. The second-order valence-electron chi connectivity index (χ2n) is 9.47. The first-order chi connectivity index (χ1) is 17.7. The predicted octanol–water partition coefficient (Wildman–Crippen LogP) is 4.78. The molecule has 37 heavy (non-hydrogen) atoms. The zero-order valence-electron chi connectivity index (χ0n) is 21.5. The number of β-lactam (4-membered cyclic amide) rings is 1. The molecule has 0 unspecified atom stereocenters. The number of sulfone groups is 1. The third kappa shape index (κ3) is 5.39. The first-order valence-electron chi connectivity index (χ1n) is 12.3. The summed E-state index contributed by atoms with van der Waals surface area (Å²) < 4.78 is 29.2. The Morgan fingerprint density at radius 1 is 0.973 bits per heavy atom. The van der Waals surface area contributed by atoms with Gasteiger partial charge in [0.25, 0.3) is 5.91 Å². The summed E-state index contributed by atoms with van der Waals surface area (Å²) >= 11 is 0. The van der Waals surface area contributed by atoms with Crippen LogP contribution < -0.4 is 15.0 Å². The number of hydrogen-bond acceptors (Lipinski definition) is 5. The average Bonchev–Trinajstić information content (AvgIpc) is 2.90. The van der Waals surface area contributed by atoms with Gasteiger partial charge in [0.2, 0.25) is 5.91 Å². The Labute approximate surface area is 218 Å². The minimum absolute atomic E-state index is 0.0427. The first-order valence-corrected chi connectivity index (χ1v) is 14.0. The van der Waals surface area contributed by atoms with Crippen molar-refractivity contribution < 1.29 is 22.7 Å². The van der Waals surface area contributed by atoms with Crippen LogP contribution in [0.25, 0.3) is 0 Å². The van der Waals surface area contributed by atoms with Crippen LogP contribution in [0.1, 0.15) is 48.3 Å². The Morgan fingerprint density at radius 2 is 1.59 bits per heavy atom. The van der Waals surface area contributed by atoms with Crippen LogP contribution in [0.4, 0.5) is 5.69 Å². The third-order valence-electron chi connectivity index (χ3n) is 6.84. The number of methoxy groups -OCH3 is 1. The van der Waals surface area contributed by atoms with Crippen LogP contribution in [0, 0.1) is 11.8 Å². The molecule has 4 rings (SSSR count). The van der Waals surface area contributed by atoms with Crippen molar-refractivity contribution in [1.29, 1.82) is 0 Å². The Morgan fingerprint density at radius 3 is 2.14 bits per heavy atom. The summed E-state index contributed by atoms with van der Waals surface area (Å²) in [6.45, 7) is 5.99. The van der Waals surface area contributed by atoms with Gasteiger partial charge in [0.15, 0.2) is 9.84 Å². The fraction of sp³-hybridized carbons (Fsp3) is 0.310. The van der Waals surface area contributed by atoms with E-state index >= 15 is 0 Å². The number of benzene rings is 3. The maximum atomic E-state index is 13.1. The van der Waals surface area contributed by atoms with Crippen molar-refractivity contribution in [2.75, 3.05) is 17.8 Å². The first kappa shape index (κ1) is 26.4. The monoisotopic (exact) mass is 520 g/mol. The second-order valence-corrected chi connectivity index (χ2v) is 11.8. The largest absolute Gasteiger partial charge is 0.497 e. The topological polar surface area (TPSA) is 92.8 Å². The van der Waals surface area contributed by atoms with E-state index in [1.165, 1.54) is 0 Å². The summed E-state index contributed by atoms with van der Waals surface area (Å²) in [6.07, 6.45) is 0. The van der Waals surface area contributed by atoms with Crippen LogP contribution in [0.3, 0.4) is 0 Å². The lowest BCUT2D eigenvalue weighted by atomic mass is 9.75. The molecule has 1 aliphatic rings. The second kappa shape index (κ2) is 10.8. The van der Waals surface area contributed by atoms with E-state index in [1.54, 1.807) is 67.5 Å². The van der Waals surface area contributed by atoms with Gasteiger partial charge in [0, 0.05) is 17.8 Å². The number of carbonyl (C=O) groups excluding carboxylic acids is 2.